The monoisotopic (exact) mass is 358 g/mol. The van der Waals surface area contributed by atoms with Crippen molar-refractivity contribution in [1.82, 2.24) is 4.90 Å². The first-order valence-electron chi connectivity index (χ1n) is 7.33. The number of nitrogens with zero attached hydrogens (tertiary/aromatic N) is 2. The van der Waals surface area contributed by atoms with Crippen LogP contribution in [0.4, 0.5) is 4.39 Å². The van der Waals surface area contributed by atoms with Crippen molar-refractivity contribution in [1.29, 1.82) is 5.26 Å². The van der Waals surface area contributed by atoms with Gasteiger partial charge in [-0.1, -0.05) is 22.0 Å². The van der Waals surface area contributed by atoms with Gasteiger partial charge in [0.2, 0.25) is 0 Å². The number of nitriles is 1. The summed E-state index contributed by atoms with van der Waals surface area (Å²) in [5, 5.41) is 8.95. The predicted molar refractivity (Wildman–Crippen MR) is 87.9 cm³/mol. The third-order valence-electron chi connectivity index (χ3n) is 4.06. The van der Waals surface area contributed by atoms with Crippen LogP contribution in [0.25, 0.3) is 0 Å². The highest BCUT2D eigenvalue weighted by molar-refractivity contribution is 9.10. The molecule has 4 heteroatoms. The van der Waals surface area contributed by atoms with Gasteiger partial charge in [0, 0.05) is 24.1 Å². The highest BCUT2D eigenvalue weighted by Gasteiger charge is 2.15. The number of hydrogen-bond acceptors (Lipinski definition) is 2. The van der Waals surface area contributed by atoms with Gasteiger partial charge >= 0.3 is 0 Å². The van der Waals surface area contributed by atoms with Crippen molar-refractivity contribution in [3.05, 3.63) is 68.9 Å². The highest BCUT2D eigenvalue weighted by Crippen LogP contribution is 2.22. The van der Waals surface area contributed by atoms with Gasteiger partial charge < -0.3 is 0 Å². The molecule has 0 radical (unpaired) electrons. The van der Waals surface area contributed by atoms with E-state index < -0.39 is 0 Å². The molecule has 0 bridgehead atoms. The minimum Gasteiger partial charge on any atom is -0.298 e. The third-order valence-corrected chi connectivity index (χ3v) is 4.55. The molecule has 2 aromatic carbocycles. The minimum absolute atomic E-state index is 0.337. The molecule has 0 aromatic heterocycles. The van der Waals surface area contributed by atoms with Crippen LogP contribution in [0.3, 0.4) is 0 Å². The molecule has 0 atom stereocenters. The van der Waals surface area contributed by atoms with Crippen LogP contribution in [0.2, 0.25) is 0 Å². The predicted octanol–water partition coefficient (Wildman–Crippen LogP) is 4.06. The normalized spacial score (nSPS) is 15.0. The van der Waals surface area contributed by atoms with Gasteiger partial charge in [-0.3, -0.25) is 4.90 Å². The lowest BCUT2D eigenvalue weighted by Crippen LogP contribution is -2.26. The zero-order chi connectivity index (χ0) is 15.5. The van der Waals surface area contributed by atoms with Crippen molar-refractivity contribution in [2.75, 3.05) is 13.1 Å². The standard InChI is InChI=1S/C18H16BrFN2/c19-17-2-1-15-3-5-22(6-4-16(15)10-17)12-14-7-13(11-21)8-18(20)9-14/h1-2,7-10H,3-6,12H2. The Hall–Kier alpha value is -1.70. The van der Waals surface area contributed by atoms with E-state index in [9.17, 15) is 4.39 Å². The molecule has 2 aromatic rings. The molecule has 0 aliphatic carbocycles. The second-order valence-corrected chi connectivity index (χ2v) is 6.56. The van der Waals surface area contributed by atoms with E-state index in [0.29, 0.717) is 12.1 Å². The first-order valence-corrected chi connectivity index (χ1v) is 8.12. The summed E-state index contributed by atoms with van der Waals surface area (Å²) < 4.78 is 14.6. The number of hydrogen-bond donors (Lipinski definition) is 0. The number of rotatable bonds is 2. The fourth-order valence-electron chi connectivity index (χ4n) is 2.96. The summed E-state index contributed by atoms with van der Waals surface area (Å²) in [5.41, 5.74) is 4.03. The zero-order valence-electron chi connectivity index (χ0n) is 12.1. The largest absolute Gasteiger partial charge is 0.298 e. The molecule has 3 rings (SSSR count). The molecule has 2 nitrogen and oxygen atoms in total. The lowest BCUT2D eigenvalue weighted by Gasteiger charge is -2.19. The Morgan fingerprint density at radius 2 is 1.86 bits per heavy atom. The molecule has 1 aliphatic heterocycles. The van der Waals surface area contributed by atoms with Crippen LogP contribution in [-0.4, -0.2) is 18.0 Å². The topological polar surface area (TPSA) is 27.0 Å². The Balaban J connectivity index is 1.73. The Morgan fingerprint density at radius 3 is 2.64 bits per heavy atom. The second-order valence-electron chi connectivity index (χ2n) is 5.65. The zero-order valence-corrected chi connectivity index (χ0v) is 13.7. The summed E-state index contributed by atoms with van der Waals surface area (Å²) in [6.07, 6.45) is 2.00. The van der Waals surface area contributed by atoms with Gasteiger partial charge in [-0.05, 0) is 59.9 Å². The van der Waals surface area contributed by atoms with Crippen molar-refractivity contribution in [3.8, 4) is 6.07 Å². The molecule has 0 saturated heterocycles. The van der Waals surface area contributed by atoms with Crippen LogP contribution in [0.5, 0.6) is 0 Å². The van der Waals surface area contributed by atoms with E-state index in [1.807, 2.05) is 6.07 Å². The smallest absolute Gasteiger partial charge is 0.124 e. The summed E-state index contributed by atoms with van der Waals surface area (Å²) in [6.45, 7) is 2.58. The first-order chi connectivity index (χ1) is 10.6. The summed E-state index contributed by atoms with van der Waals surface area (Å²) in [4.78, 5) is 2.32. The van der Waals surface area contributed by atoms with E-state index >= 15 is 0 Å². The molecule has 0 spiro atoms. The average molecular weight is 359 g/mol. The molecule has 22 heavy (non-hydrogen) atoms. The lowest BCUT2D eigenvalue weighted by molar-refractivity contribution is 0.279. The molecule has 0 unspecified atom stereocenters. The van der Waals surface area contributed by atoms with Gasteiger partial charge in [-0.25, -0.2) is 4.39 Å². The van der Waals surface area contributed by atoms with Gasteiger partial charge in [0.1, 0.15) is 5.82 Å². The summed E-state index contributed by atoms with van der Waals surface area (Å²) in [6, 6.07) is 13.0. The summed E-state index contributed by atoms with van der Waals surface area (Å²) in [7, 11) is 0. The number of halogens is 2. The molecule has 1 aliphatic rings. The fourth-order valence-corrected chi connectivity index (χ4v) is 3.37. The molecule has 112 valence electrons. The Kier molecular flexibility index (Phi) is 4.56. The van der Waals surface area contributed by atoms with E-state index in [0.717, 1.165) is 36.0 Å². The molecular formula is C18H16BrFN2. The van der Waals surface area contributed by atoms with Crippen molar-refractivity contribution < 1.29 is 4.39 Å². The molecule has 0 saturated carbocycles. The van der Waals surface area contributed by atoms with Gasteiger partial charge in [0.25, 0.3) is 0 Å². The second kappa shape index (κ2) is 6.60. The van der Waals surface area contributed by atoms with Gasteiger partial charge in [0.15, 0.2) is 0 Å². The summed E-state index contributed by atoms with van der Waals surface area (Å²) >= 11 is 3.52. The Labute approximate surface area is 138 Å². The SMILES string of the molecule is N#Cc1cc(F)cc(CN2CCc3ccc(Br)cc3CC2)c1. The van der Waals surface area contributed by atoms with Crippen LogP contribution >= 0.6 is 15.9 Å². The van der Waals surface area contributed by atoms with Gasteiger partial charge in [-0.2, -0.15) is 5.26 Å². The molecule has 0 N–H and O–H groups in total. The van der Waals surface area contributed by atoms with Crippen LogP contribution in [0.15, 0.2) is 40.9 Å². The Bertz CT molecular complexity index is 736. The van der Waals surface area contributed by atoms with Crippen LogP contribution in [0.1, 0.15) is 22.3 Å². The van der Waals surface area contributed by atoms with E-state index in [1.54, 1.807) is 6.07 Å². The van der Waals surface area contributed by atoms with Crippen molar-refractivity contribution >= 4 is 15.9 Å². The van der Waals surface area contributed by atoms with Gasteiger partial charge in [0.05, 0.1) is 11.6 Å². The minimum atomic E-state index is -0.337. The number of fused-ring (bicyclic) bond motifs is 1. The van der Waals surface area contributed by atoms with Crippen LogP contribution < -0.4 is 0 Å². The maximum absolute atomic E-state index is 13.5. The van der Waals surface area contributed by atoms with E-state index in [2.05, 4.69) is 39.0 Å². The maximum Gasteiger partial charge on any atom is 0.124 e. The maximum atomic E-state index is 13.5. The van der Waals surface area contributed by atoms with Crippen molar-refractivity contribution in [3.63, 3.8) is 0 Å². The molecule has 0 fully saturated rings. The van der Waals surface area contributed by atoms with Crippen molar-refractivity contribution in [2.24, 2.45) is 0 Å². The molecule has 1 heterocycles. The summed E-state index contributed by atoms with van der Waals surface area (Å²) in [5.74, 6) is -0.337. The highest BCUT2D eigenvalue weighted by atomic mass is 79.9. The lowest BCUT2D eigenvalue weighted by atomic mass is 10.0. The van der Waals surface area contributed by atoms with Gasteiger partial charge in [-0.15, -0.1) is 0 Å². The van der Waals surface area contributed by atoms with E-state index in [-0.39, 0.29) is 5.82 Å². The van der Waals surface area contributed by atoms with Crippen LogP contribution in [-0.2, 0) is 19.4 Å². The number of benzene rings is 2. The quantitative estimate of drug-likeness (QED) is 0.809. The third kappa shape index (κ3) is 3.55. The van der Waals surface area contributed by atoms with E-state index in [1.165, 1.54) is 23.3 Å². The fraction of sp³-hybridized carbons (Fsp3) is 0.278. The van der Waals surface area contributed by atoms with Crippen LogP contribution in [0, 0.1) is 17.1 Å². The first kappa shape index (κ1) is 15.2. The Morgan fingerprint density at radius 1 is 1.09 bits per heavy atom. The van der Waals surface area contributed by atoms with E-state index in [4.69, 9.17) is 5.26 Å². The molecular weight excluding hydrogens is 343 g/mol. The molecule has 0 amide bonds. The van der Waals surface area contributed by atoms with Crippen molar-refractivity contribution in [2.45, 2.75) is 19.4 Å². The average Bonchev–Trinajstić information content (AvgIpc) is 2.69.